The molecule has 1 fully saturated rings. The Kier molecular flexibility index (Phi) is 5.28. The van der Waals surface area contributed by atoms with Gasteiger partial charge in [-0.25, -0.2) is 4.98 Å². The normalized spacial score (nSPS) is 14.9. The predicted molar refractivity (Wildman–Crippen MR) is 93.9 cm³/mol. The fourth-order valence-electron chi connectivity index (χ4n) is 2.79. The molecule has 1 aliphatic rings. The molecule has 0 bridgehead atoms. The third kappa shape index (κ3) is 3.83. The summed E-state index contributed by atoms with van der Waals surface area (Å²) in [5.74, 6) is 1.12. The van der Waals surface area contributed by atoms with Gasteiger partial charge in [0, 0.05) is 12.2 Å². The number of aromatic nitrogens is 1. The average Bonchev–Trinajstić information content (AvgIpc) is 2.63. The summed E-state index contributed by atoms with van der Waals surface area (Å²) >= 11 is 0. The van der Waals surface area contributed by atoms with Crippen LogP contribution in [0.15, 0.2) is 42.6 Å². The molecule has 0 atom stereocenters. The lowest BCUT2D eigenvalue weighted by Crippen LogP contribution is -2.42. The molecule has 6 nitrogen and oxygen atoms in total. The Labute approximate surface area is 141 Å². The van der Waals surface area contributed by atoms with Crippen LogP contribution >= 0.6 is 0 Å². The molecule has 1 saturated heterocycles. The minimum absolute atomic E-state index is 0.104. The Bertz CT molecular complexity index is 699. The van der Waals surface area contributed by atoms with Crippen LogP contribution in [0.2, 0.25) is 0 Å². The number of hydrogen-bond donors (Lipinski definition) is 3. The topological polar surface area (TPSA) is 75.3 Å². The highest BCUT2D eigenvalue weighted by molar-refractivity contribution is 5.99. The Hall–Kier alpha value is -2.60. The maximum absolute atomic E-state index is 12.6. The van der Waals surface area contributed by atoms with Crippen LogP contribution in [0.3, 0.4) is 0 Å². The SMILES string of the molecule is COc1ccccc1Nc1ncccc1C(=O)NC1CCNCC1. The molecule has 1 aliphatic heterocycles. The van der Waals surface area contributed by atoms with Crippen LogP contribution in [0, 0.1) is 0 Å². The number of amides is 1. The van der Waals surface area contributed by atoms with Crippen molar-refractivity contribution >= 4 is 17.4 Å². The fraction of sp³-hybridized carbons (Fsp3) is 0.333. The van der Waals surface area contributed by atoms with Crippen LogP contribution in [0.1, 0.15) is 23.2 Å². The van der Waals surface area contributed by atoms with Gasteiger partial charge >= 0.3 is 0 Å². The third-order valence-corrected chi connectivity index (χ3v) is 4.09. The van der Waals surface area contributed by atoms with Gasteiger partial charge in [0.2, 0.25) is 0 Å². The van der Waals surface area contributed by atoms with Crippen molar-refractivity contribution in [3.63, 3.8) is 0 Å². The summed E-state index contributed by atoms with van der Waals surface area (Å²) in [5, 5.41) is 9.60. The fourth-order valence-corrected chi connectivity index (χ4v) is 2.79. The second-order valence-corrected chi connectivity index (χ2v) is 5.72. The van der Waals surface area contributed by atoms with Crippen molar-refractivity contribution in [2.45, 2.75) is 18.9 Å². The van der Waals surface area contributed by atoms with Crippen LogP contribution in [-0.2, 0) is 0 Å². The summed E-state index contributed by atoms with van der Waals surface area (Å²) in [5.41, 5.74) is 1.30. The van der Waals surface area contributed by atoms with Gasteiger partial charge in [-0.2, -0.15) is 0 Å². The smallest absolute Gasteiger partial charge is 0.255 e. The Morgan fingerprint density at radius 1 is 1.21 bits per heavy atom. The summed E-state index contributed by atoms with van der Waals surface area (Å²) in [6.07, 6.45) is 3.56. The summed E-state index contributed by atoms with van der Waals surface area (Å²) < 4.78 is 5.34. The highest BCUT2D eigenvalue weighted by Gasteiger charge is 2.19. The summed E-state index contributed by atoms with van der Waals surface area (Å²) in [6, 6.07) is 11.3. The molecular weight excluding hydrogens is 304 g/mol. The molecule has 2 heterocycles. The number of methoxy groups -OCH3 is 1. The van der Waals surface area contributed by atoms with Gasteiger partial charge in [-0.3, -0.25) is 4.79 Å². The quantitative estimate of drug-likeness (QED) is 0.786. The van der Waals surface area contributed by atoms with E-state index in [9.17, 15) is 4.79 Å². The van der Waals surface area contributed by atoms with Gasteiger partial charge in [0.1, 0.15) is 11.6 Å². The van der Waals surface area contributed by atoms with Crippen molar-refractivity contribution in [2.24, 2.45) is 0 Å². The largest absolute Gasteiger partial charge is 0.495 e. The van der Waals surface area contributed by atoms with Crippen molar-refractivity contribution in [3.05, 3.63) is 48.2 Å². The lowest BCUT2D eigenvalue weighted by Gasteiger charge is -2.24. The van der Waals surface area contributed by atoms with E-state index in [2.05, 4.69) is 20.9 Å². The first-order chi connectivity index (χ1) is 11.8. The molecule has 3 rings (SSSR count). The molecule has 0 spiro atoms. The molecule has 0 saturated carbocycles. The van der Waals surface area contributed by atoms with E-state index in [0.717, 1.165) is 31.6 Å². The number of nitrogens with one attached hydrogen (secondary N) is 3. The number of anilines is 2. The Morgan fingerprint density at radius 3 is 2.79 bits per heavy atom. The first-order valence-electron chi connectivity index (χ1n) is 8.14. The van der Waals surface area contributed by atoms with Crippen LogP contribution < -0.4 is 20.7 Å². The number of para-hydroxylation sites is 2. The van der Waals surface area contributed by atoms with E-state index in [4.69, 9.17) is 4.74 Å². The lowest BCUT2D eigenvalue weighted by molar-refractivity contribution is 0.0930. The second kappa shape index (κ2) is 7.79. The first kappa shape index (κ1) is 16.3. The zero-order chi connectivity index (χ0) is 16.8. The maximum Gasteiger partial charge on any atom is 0.255 e. The number of pyridine rings is 1. The molecule has 1 amide bonds. The third-order valence-electron chi connectivity index (χ3n) is 4.09. The van der Waals surface area contributed by atoms with E-state index < -0.39 is 0 Å². The molecule has 0 aliphatic carbocycles. The molecule has 2 aromatic rings. The molecule has 6 heteroatoms. The number of carbonyl (C=O) groups excluding carboxylic acids is 1. The zero-order valence-corrected chi connectivity index (χ0v) is 13.7. The van der Waals surface area contributed by atoms with Crippen LogP contribution in [-0.4, -0.2) is 37.1 Å². The number of ether oxygens (including phenoxy) is 1. The molecule has 1 aromatic heterocycles. The van der Waals surface area contributed by atoms with E-state index in [1.807, 2.05) is 24.3 Å². The van der Waals surface area contributed by atoms with Crippen LogP contribution in [0.25, 0.3) is 0 Å². The summed E-state index contributed by atoms with van der Waals surface area (Å²) in [6.45, 7) is 1.87. The van der Waals surface area contributed by atoms with Crippen LogP contribution in [0.5, 0.6) is 5.75 Å². The highest BCUT2D eigenvalue weighted by Crippen LogP contribution is 2.27. The monoisotopic (exact) mass is 326 g/mol. The number of hydrogen-bond acceptors (Lipinski definition) is 5. The summed E-state index contributed by atoms with van der Waals surface area (Å²) in [4.78, 5) is 17.0. The number of piperidine rings is 1. The average molecular weight is 326 g/mol. The number of rotatable bonds is 5. The minimum atomic E-state index is -0.104. The van der Waals surface area contributed by atoms with Crippen molar-refractivity contribution in [2.75, 3.05) is 25.5 Å². The predicted octanol–water partition coefficient (Wildman–Crippen LogP) is 2.32. The van der Waals surface area contributed by atoms with E-state index in [1.54, 1.807) is 25.4 Å². The van der Waals surface area contributed by atoms with Crippen molar-refractivity contribution in [3.8, 4) is 5.75 Å². The van der Waals surface area contributed by atoms with E-state index in [1.165, 1.54) is 0 Å². The van der Waals surface area contributed by atoms with Gasteiger partial charge in [0.15, 0.2) is 0 Å². The Morgan fingerprint density at radius 2 is 2.00 bits per heavy atom. The number of benzene rings is 1. The number of nitrogens with zero attached hydrogens (tertiary/aromatic N) is 1. The molecular formula is C18H22N4O2. The molecule has 0 radical (unpaired) electrons. The van der Waals surface area contributed by atoms with Crippen LogP contribution in [0.4, 0.5) is 11.5 Å². The van der Waals surface area contributed by atoms with Crippen molar-refractivity contribution < 1.29 is 9.53 Å². The number of carbonyl (C=O) groups is 1. The van der Waals surface area contributed by atoms with Crippen molar-refractivity contribution in [1.29, 1.82) is 0 Å². The van der Waals surface area contributed by atoms with Gasteiger partial charge in [0.25, 0.3) is 5.91 Å². The van der Waals surface area contributed by atoms with Gasteiger partial charge in [-0.15, -0.1) is 0 Å². The zero-order valence-electron chi connectivity index (χ0n) is 13.7. The van der Waals surface area contributed by atoms with E-state index in [0.29, 0.717) is 17.1 Å². The van der Waals surface area contributed by atoms with Gasteiger partial charge in [-0.05, 0) is 50.2 Å². The minimum Gasteiger partial charge on any atom is -0.495 e. The second-order valence-electron chi connectivity index (χ2n) is 5.72. The highest BCUT2D eigenvalue weighted by atomic mass is 16.5. The van der Waals surface area contributed by atoms with Gasteiger partial charge in [0.05, 0.1) is 18.4 Å². The maximum atomic E-state index is 12.6. The summed E-state index contributed by atoms with van der Waals surface area (Å²) in [7, 11) is 1.61. The molecule has 24 heavy (non-hydrogen) atoms. The lowest BCUT2D eigenvalue weighted by atomic mass is 10.1. The van der Waals surface area contributed by atoms with Gasteiger partial charge in [-0.1, -0.05) is 12.1 Å². The molecule has 1 aromatic carbocycles. The van der Waals surface area contributed by atoms with E-state index >= 15 is 0 Å². The first-order valence-corrected chi connectivity index (χ1v) is 8.14. The van der Waals surface area contributed by atoms with E-state index in [-0.39, 0.29) is 11.9 Å². The Balaban J connectivity index is 1.78. The standard InChI is InChI=1S/C18H22N4O2/c1-24-16-7-3-2-6-15(16)22-17-14(5-4-10-20-17)18(23)21-13-8-11-19-12-9-13/h2-7,10,13,19H,8-9,11-12H2,1H3,(H,20,22)(H,21,23). The molecule has 126 valence electrons. The molecule has 3 N–H and O–H groups in total. The van der Waals surface area contributed by atoms with Gasteiger partial charge < -0.3 is 20.7 Å². The molecule has 0 unspecified atom stereocenters. The van der Waals surface area contributed by atoms with Crippen molar-refractivity contribution in [1.82, 2.24) is 15.6 Å².